The quantitative estimate of drug-likeness (QED) is 0.478. The molecule has 0 saturated carbocycles. The van der Waals surface area contributed by atoms with Crippen molar-refractivity contribution in [1.82, 2.24) is 5.32 Å². The molecule has 0 heterocycles. The van der Waals surface area contributed by atoms with Crippen LogP contribution < -0.4 is 11.1 Å². The minimum Gasteiger partial charge on any atom is -0.392 e. The molecular weight excluding hydrogens is 294 g/mol. The fraction of sp³-hybridized carbons (Fsp3) is 0.500. The van der Waals surface area contributed by atoms with Crippen LogP contribution >= 0.6 is 11.6 Å². The predicted octanol–water partition coefficient (Wildman–Crippen LogP) is 3.38. The van der Waals surface area contributed by atoms with Crippen LogP contribution in [-0.4, -0.2) is 16.9 Å². The Hall–Kier alpha value is -1.82. The SMILES string of the molecule is CC(C)CCC(C)NC(=O)c1cc(Cl)c(N)c([N+](=O)[O-])c1. The molecule has 1 rings (SSSR count). The van der Waals surface area contributed by atoms with Gasteiger partial charge in [-0.2, -0.15) is 0 Å². The van der Waals surface area contributed by atoms with Gasteiger partial charge in [-0.1, -0.05) is 25.4 Å². The number of halogens is 1. The van der Waals surface area contributed by atoms with Gasteiger partial charge in [0.15, 0.2) is 0 Å². The number of rotatable bonds is 6. The van der Waals surface area contributed by atoms with Crippen molar-refractivity contribution in [2.24, 2.45) is 5.92 Å². The average Bonchev–Trinajstić information content (AvgIpc) is 2.38. The van der Waals surface area contributed by atoms with E-state index in [1.807, 2.05) is 6.92 Å². The van der Waals surface area contributed by atoms with Crippen LogP contribution in [0.3, 0.4) is 0 Å². The van der Waals surface area contributed by atoms with Crippen molar-refractivity contribution < 1.29 is 9.72 Å². The second-order valence-electron chi connectivity index (χ2n) is 5.49. The number of hydrogen-bond donors (Lipinski definition) is 2. The second-order valence-corrected chi connectivity index (χ2v) is 5.90. The number of anilines is 1. The lowest BCUT2D eigenvalue weighted by Crippen LogP contribution is -2.32. The Labute approximate surface area is 128 Å². The number of nitrogens with two attached hydrogens (primary N) is 1. The van der Waals surface area contributed by atoms with Crippen molar-refractivity contribution in [1.29, 1.82) is 0 Å². The first-order chi connectivity index (χ1) is 9.72. The topological polar surface area (TPSA) is 98.3 Å². The summed E-state index contributed by atoms with van der Waals surface area (Å²) in [5, 5.41) is 13.7. The molecule has 1 atom stereocenters. The Bertz CT molecular complexity index is 547. The zero-order valence-electron chi connectivity index (χ0n) is 12.4. The minimum atomic E-state index is -0.653. The van der Waals surface area contributed by atoms with Gasteiger partial charge in [0.05, 0.1) is 9.95 Å². The largest absolute Gasteiger partial charge is 0.392 e. The molecule has 7 heteroatoms. The van der Waals surface area contributed by atoms with Gasteiger partial charge in [-0.25, -0.2) is 0 Å². The maximum atomic E-state index is 12.1. The van der Waals surface area contributed by atoms with Crippen LogP contribution in [0.1, 0.15) is 44.0 Å². The van der Waals surface area contributed by atoms with E-state index in [1.165, 1.54) is 6.07 Å². The van der Waals surface area contributed by atoms with E-state index in [2.05, 4.69) is 19.2 Å². The van der Waals surface area contributed by atoms with Crippen LogP contribution in [-0.2, 0) is 0 Å². The normalized spacial score (nSPS) is 12.2. The molecule has 21 heavy (non-hydrogen) atoms. The smallest absolute Gasteiger partial charge is 0.294 e. The monoisotopic (exact) mass is 313 g/mol. The maximum absolute atomic E-state index is 12.1. The van der Waals surface area contributed by atoms with E-state index in [-0.39, 0.29) is 28.0 Å². The number of amides is 1. The Kier molecular flexibility index (Phi) is 5.96. The Balaban J connectivity index is 2.86. The van der Waals surface area contributed by atoms with Gasteiger partial charge in [-0.3, -0.25) is 14.9 Å². The maximum Gasteiger partial charge on any atom is 0.294 e. The van der Waals surface area contributed by atoms with Gasteiger partial charge in [0.2, 0.25) is 0 Å². The van der Waals surface area contributed by atoms with Crippen LogP contribution in [0.15, 0.2) is 12.1 Å². The summed E-state index contributed by atoms with van der Waals surface area (Å²) in [7, 11) is 0. The molecule has 0 fully saturated rings. The number of benzene rings is 1. The second kappa shape index (κ2) is 7.26. The summed E-state index contributed by atoms with van der Waals surface area (Å²) in [6.07, 6.45) is 1.83. The van der Waals surface area contributed by atoms with Crippen LogP contribution in [0.4, 0.5) is 11.4 Å². The number of nitrogens with one attached hydrogen (secondary N) is 1. The lowest BCUT2D eigenvalue weighted by molar-refractivity contribution is -0.383. The fourth-order valence-corrected chi connectivity index (χ4v) is 2.06. The standard InChI is InChI=1S/C14H20ClN3O3/c1-8(2)4-5-9(3)17-14(19)10-6-11(15)13(16)12(7-10)18(20)21/h6-9H,4-5,16H2,1-3H3,(H,17,19). The number of carbonyl (C=O) groups excluding carboxylic acids is 1. The van der Waals surface area contributed by atoms with Gasteiger partial charge >= 0.3 is 0 Å². The van der Waals surface area contributed by atoms with Gasteiger partial charge in [-0.05, 0) is 31.7 Å². The lowest BCUT2D eigenvalue weighted by atomic mass is 10.0. The third kappa shape index (κ3) is 4.90. The summed E-state index contributed by atoms with van der Waals surface area (Å²) >= 11 is 5.84. The Morgan fingerprint density at radius 2 is 2.00 bits per heavy atom. The molecule has 0 aliphatic heterocycles. The number of carbonyl (C=O) groups is 1. The van der Waals surface area contributed by atoms with E-state index in [9.17, 15) is 14.9 Å². The zero-order chi connectivity index (χ0) is 16.2. The molecular formula is C14H20ClN3O3. The number of nitro groups is 1. The van der Waals surface area contributed by atoms with Gasteiger partial charge in [0, 0.05) is 17.7 Å². The van der Waals surface area contributed by atoms with Gasteiger partial charge in [-0.15, -0.1) is 0 Å². The molecule has 116 valence electrons. The highest BCUT2D eigenvalue weighted by Gasteiger charge is 2.20. The fourth-order valence-electron chi connectivity index (χ4n) is 1.85. The summed E-state index contributed by atoms with van der Waals surface area (Å²) in [6.45, 7) is 6.11. The van der Waals surface area contributed by atoms with E-state index in [4.69, 9.17) is 17.3 Å². The number of hydrogen-bond acceptors (Lipinski definition) is 4. The number of nitro benzene ring substituents is 1. The first-order valence-electron chi connectivity index (χ1n) is 6.76. The van der Waals surface area contributed by atoms with Gasteiger partial charge in [0.1, 0.15) is 5.69 Å². The Morgan fingerprint density at radius 1 is 1.38 bits per heavy atom. The first-order valence-corrected chi connectivity index (χ1v) is 7.14. The average molecular weight is 314 g/mol. The molecule has 0 aliphatic carbocycles. The molecule has 0 radical (unpaired) electrons. The van der Waals surface area contributed by atoms with Crippen molar-refractivity contribution in [3.8, 4) is 0 Å². The number of nitrogens with zero attached hydrogens (tertiary/aromatic N) is 1. The highest BCUT2D eigenvalue weighted by Crippen LogP contribution is 2.30. The molecule has 0 aromatic heterocycles. The summed E-state index contributed by atoms with van der Waals surface area (Å²) < 4.78 is 0. The summed E-state index contributed by atoms with van der Waals surface area (Å²) in [5.74, 6) is 0.160. The van der Waals surface area contributed by atoms with Crippen molar-refractivity contribution in [3.05, 3.63) is 32.8 Å². The van der Waals surface area contributed by atoms with Crippen molar-refractivity contribution in [2.45, 2.75) is 39.7 Å². The van der Waals surface area contributed by atoms with Crippen molar-refractivity contribution >= 4 is 28.9 Å². The van der Waals surface area contributed by atoms with E-state index < -0.39 is 10.8 Å². The van der Waals surface area contributed by atoms with Crippen LogP contribution in [0.25, 0.3) is 0 Å². The van der Waals surface area contributed by atoms with Crippen LogP contribution in [0.5, 0.6) is 0 Å². The van der Waals surface area contributed by atoms with Crippen LogP contribution in [0, 0.1) is 16.0 Å². The van der Waals surface area contributed by atoms with Gasteiger partial charge < -0.3 is 11.1 Å². The molecule has 0 spiro atoms. The minimum absolute atomic E-state index is 0.00387. The van der Waals surface area contributed by atoms with Crippen LogP contribution in [0.2, 0.25) is 5.02 Å². The third-order valence-electron chi connectivity index (χ3n) is 3.12. The molecule has 0 aliphatic rings. The summed E-state index contributed by atoms with van der Waals surface area (Å²) in [5.41, 5.74) is 5.17. The van der Waals surface area contributed by atoms with Gasteiger partial charge in [0.25, 0.3) is 11.6 Å². The molecule has 3 N–H and O–H groups in total. The molecule has 1 aromatic rings. The molecule has 0 saturated heterocycles. The highest BCUT2D eigenvalue weighted by atomic mass is 35.5. The Morgan fingerprint density at radius 3 is 2.52 bits per heavy atom. The van der Waals surface area contributed by atoms with E-state index >= 15 is 0 Å². The van der Waals surface area contributed by atoms with E-state index in [1.54, 1.807) is 0 Å². The lowest BCUT2D eigenvalue weighted by Gasteiger charge is -2.15. The molecule has 1 unspecified atom stereocenters. The van der Waals surface area contributed by atoms with E-state index in [0.29, 0.717) is 5.92 Å². The molecule has 6 nitrogen and oxygen atoms in total. The third-order valence-corrected chi connectivity index (χ3v) is 3.43. The predicted molar refractivity (Wildman–Crippen MR) is 83.5 cm³/mol. The summed E-state index contributed by atoms with van der Waals surface area (Å²) in [6, 6.07) is 2.47. The zero-order valence-corrected chi connectivity index (χ0v) is 13.1. The van der Waals surface area contributed by atoms with Crippen molar-refractivity contribution in [2.75, 3.05) is 5.73 Å². The molecule has 1 aromatic carbocycles. The molecule has 1 amide bonds. The van der Waals surface area contributed by atoms with Crippen molar-refractivity contribution in [3.63, 3.8) is 0 Å². The molecule has 0 bridgehead atoms. The van der Waals surface area contributed by atoms with E-state index in [0.717, 1.165) is 18.9 Å². The first kappa shape index (κ1) is 17.2. The summed E-state index contributed by atoms with van der Waals surface area (Å²) in [4.78, 5) is 22.3. The highest BCUT2D eigenvalue weighted by molar-refractivity contribution is 6.34. The number of nitrogen functional groups attached to an aromatic ring is 1.